The maximum Gasteiger partial charge on any atom is 0.130 e. The zero-order valence-corrected chi connectivity index (χ0v) is 10.8. The lowest BCUT2D eigenvalue weighted by Gasteiger charge is -2.14. The second kappa shape index (κ2) is 4.65. The van der Waals surface area contributed by atoms with E-state index in [4.69, 9.17) is 0 Å². The second-order valence-electron chi connectivity index (χ2n) is 3.63. The lowest BCUT2D eigenvalue weighted by Crippen LogP contribution is -2.11. The molecular formula is C11H13BrN4. The van der Waals surface area contributed by atoms with E-state index in [-0.39, 0.29) is 6.04 Å². The summed E-state index contributed by atoms with van der Waals surface area (Å²) in [6.07, 6.45) is 5.53. The Morgan fingerprint density at radius 3 is 2.75 bits per heavy atom. The normalized spacial score (nSPS) is 12.4. The predicted molar refractivity (Wildman–Crippen MR) is 67.2 cm³/mol. The Kier molecular flexibility index (Phi) is 3.24. The third-order valence-electron chi connectivity index (χ3n) is 2.36. The van der Waals surface area contributed by atoms with Crippen molar-refractivity contribution in [3.63, 3.8) is 0 Å². The van der Waals surface area contributed by atoms with Gasteiger partial charge in [0.05, 0.1) is 17.9 Å². The van der Waals surface area contributed by atoms with E-state index in [0.29, 0.717) is 0 Å². The predicted octanol–water partition coefficient (Wildman–Crippen LogP) is 2.75. The van der Waals surface area contributed by atoms with Crippen LogP contribution in [-0.4, -0.2) is 14.5 Å². The van der Waals surface area contributed by atoms with E-state index in [9.17, 15) is 0 Å². The molecule has 0 radical (unpaired) electrons. The second-order valence-corrected chi connectivity index (χ2v) is 4.44. The molecule has 0 aliphatic rings. The number of anilines is 1. The van der Waals surface area contributed by atoms with Crippen molar-refractivity contribution in [3.05, 3.63) is 41.2 Å². The Labute approximate surface area is 103 Å². The first-order chi connectivity index (χ1) is 7.66. The number of nitrogens with one attached hydrogen (secondary N) is 1. The van der Waals surface area contributed by atoms with Crippen LogP contribution in [0.3, 0.4) is 0 Å². The fraction of sp³-hybridized carbons (Fsp3) is 0.273. The van der Waals surface area contributed by atoms with Crippen molar-refractivity contribution in [2.24, 2.45) is 7.05 Å². The summed E-state index contributed by atoms with van der Waals surface area (Å²) in [5.41, 5.74) is 0.985. The van der Waals surface area contributed by atoms with E-state index in [0.717, 1.165) is 16.1 Å². The molecule has 2 aromatic rings. The van der Waals surface area contributed by atoms with Crippen LogP contribution in [-0.2, 0) is 7.05 Å². The van der Waals surface area contributed by atoms with Gasteiger partial charge in [0.1, 0.15) is 10.4 Å². The summed E-state index contributed by atoms with van der Waals surface area (Å²) in [5.74, 6) is 1.00. The minimum absolute atomic E-state index is 0.156. The molecule has 1 atom stereocenters. The molecule has 0 bridgehead atoms. The SMILES string of the molecule is CC(Nc1ccc(Br)nc1)c1nccn1C. The maximum atomic E-state index is 4.30. The molecule has 16 heavy (non-hydrogen) atoms. The van der Waals surface area contributed by atoms with Gasteiger partial charge in [0.2, 0.25) is 0 Å². The van der Waals surface area contributed by atoms with E-state index < -0.39 is 0 Å². The van der Waals surface area contributed by atoms with Gasteiger partial charge in [0.15, 0.2) is 0 Å². The van der Waals surface area contributed by atoms with Crippen LogP contribution in [0.5, 0.6) is 0 Å². The average molecular weight is 281 g/mol. The fourth-order valence-electron chi connectivity index (χ4n) is 1.57. The van der Waals surface area contributed by atoms with E-state index in [2.05, 4.69) is 38.1 Å². The quantitative estimate of drug-likeness (QED) is 0.880. The Bertz CT molecular complexity index is 463. The zero-order chi connectivity index (χ0) is 11.5. The zero-order valence-electron chi connectivity index (χ0n) is 9.18. The summed E-state index contributed by atoms with van der Waals surface area (Å²) in [7, 11) is 1.99. The first kappa shape index (κ1) is 11.1. The van der Waals surface area contributed by atoms with E-state index in [1.165, 1.54) is 0 Å². The molecular weight excluding hydrogens is 268 g/mol. The highest BCUT2D eigenvalue weighted by molar-refractivity contribution is 9.10. The number of hydrogen-bond donors (Lipinski definition) is 1. The lowest BCUT2D eigenvalue weighted by atomic mass is 10.3. The van der Waals surface area contributed by atoms with Crippen LogP contribution >= 0.6 is 15.9 Å². The first-order valence-corrected chi connectivity index (χ1v) is 5.81. The summed E-state index contributed by atoms with van der Waals surface area (Å²) < 4.78 is 2.84. The van der Waals surface area contributed by atoms with Crippen LogP contribution in [0.25, 0.3) is 0 Å². The van der Waals surface area contributed by atoms with Crippen molar-refractivity contribution in [3.8, 4) is 0 Å². The number of imidazole rings is 1. The van der Waals surface area contributed by atoms with Crippen molar-refractivity contribution in [1.29, 1.82) is 0 Å². The van der Waals surface area contributed by atoms with Crippen LogP contribution in [0, 0.1) is 0 Å². The molecule has 2 heterocycles. The molecule has 2 aromatic heterocycles. The minimum atomic E-state index is 0.156. The van der Waals surface area contributed by atoms with Gasteiger partial charge in [-0.2, -0.15) is 0 Å². The van der Waals surface area contributed by atoms with Crippen molar-refractivity contribution in [2.75, 3.05) is 5.32 Å². The highest BCUT2D eigenvalue weighted by atomic mass is 79.9. The molecule has 0 amide bonds. The van der Waals surface area contributed by atoms with Crippen LogP contribution in [0.2, 0.25) is 0 Å². The third kappa shape index (κ3) is 2.41. The molecule has 0 saturated carbocycles. The number of pyridine rings is 1. The smallest absolute Gasteiger partial charge is 0.130 e. The monoisotopic (exact) mass is 280 g/mol. The van der Waals surface area contributed by atoms with Gasteiger partial charge in [0.25, 0.3) is 0 Å². The van der Waals surface area contributed by atoms with E-state index >= 15 is 0 Å². The largest absolute Gasteiger partial charge is 0.374 e. The number of hydrogen-bond acceptors (Lipinski definition) is 3. The van der Waals surface area contributed by atoms with Crippen LogP contribution in [0.15, 0.2) is 35.3 Å². The van der Waals surface area contributed by atoms with Gasteiger partial charge >= 0.3 is 0 Å². The summed E-state index contributed by atoms with van der Waals surface area (Å²) in [4.78, 5) is 8.46. The lowest BCUT2D eigenvalue weighted by molar-refractivity contribution is 0.721. The van der Waals surface area contributed by atoms with Crippen molar-refractivity contribution in [2.45, 2.75) is 13.0 Å². The summed E-state index contributed by atoms with van der Waals surface area (Å²) in [6.45, 7) is 2.07. The molecule has 1 unspecified atom stereocenters. The molecule has 0 fully saturated rings. The van der Waals surface area contributed by atoms with Gasteiger partial charge in [-0.15, -0.1) is 0 Å². The topological polar surface area (TPSA) is 42.7 Å². The van der Waals surface area contributed by atoms with Gasteiger partial charge in [0, 0.05) is 19.4 Å². The Morgan fingerprint density at radius 1 is 1.38 bits per heavy atom. The molecule has 5 heteroatoms. The standard InChI is InChI=1S/C11H13BrN4/c1-8(11-13-5-6-16(11)2)15-9-3-4-10(12)14-7-9/h3-8,15H,1-2H3. The van der Waals surface area contributed by atoms with Crippen LogP contribution in [0.1, 0.15) is 18.8 Å². The van der Waals surface area contributed by atoms with Crippen LogP contribution in [0.4, 0.5) is 5.69 Å². The summed E-state index contributed by atoms with van der Waals surface area (Å²) in [5, 5.41) is 3.35. The van der Waals surface area contributed by atoms with Crippen molar-refractivity contribution >= 4 is 21.6 Å². The molecule has 2 rings (SSSR count). The van der Waals surface area contributed by atoms with Crippen LogP contribution < -0.4 is 5.32 Å². The van der Waals surface area contributed by atoms with Crippen molar-refractivity contribution in [1.82, 2.24) is 14.5 Å². The van der Waals surface area contributed by atoms with Gasteiger partial charge in [-0.25, -0.2) is 9.97 Å². The fourth-order valence-corrected chi connectivity index (χ4v) is 1.80. The van der Waals surface area contributed by atoms with Crippen molar-refractivity contribution < 1.29 is 0 Å². The van der Waals surface area contributed by atoms with Gasteiger partial charge < -0.3 is 9.88 Å². The molecule has 84 valence electrons. The Balaban J connectivity index is 2.10. The summed E-state index contributed by atoms with van der Waals surface area (Å²) in [6, 6.07) is 4.05. The Hall–Kier alpha value is -1.36. The highest BCUT2D eigenvalue weighted by Gasteiger charge is 2.09. The molecule has 1 N–H and O–H groups in total. The average Bonchev–Trinajstić information content (AvgIpc) is 2.68. The van der Waals surface area contributed by atoms with Gasteiger partial charge in [-0.1, -0.05) is 0 Å². The molecule has 0 saturated heterocycles. The third-order valence-corrected chi connectivity index (χ3v) is 2.83. The number of halogens is 1. The number of aromatic nitrogens is 3. The van der Waals surface area contributed by atoms with E-state index in [1.807, 2.05) is 29.9 Å². The molecule has 0 aromatic carbocycles. The molecule has 0 aliphatic heterocycles. The Morgan fingerprint density at radius 2 is 2.19 bits per heavy atom. The molecule has 4 nitrogen and oxygen atoms in total. The summed E-state index contributed by atoms with van der Waals surface area (Å²) >= 11 is 3.31. The van der Waals surface area contributed by atoms with E-state index in [1.54, 1.807) is 12.4 Å². The molecule has 0 aliphatic carbocycles. The van der Waals surface area contributed by atoms with Gasteiger partial charge in [-0.3, -0.25) is 0 Å². The molecule has 0 spiro atoms. The minimum Gasteiger partial charge on any atom is -0.374 e. The number of nitrogens with zero attached hydrogens (tertiary/aromatic N) is 3. The first-order valence-electron chi connectivity index (χ1n) is 5.02. The number of aryl methyl sites for hydroxylation is 1. The highest BCUT2D eigenvalue weighted by Crippen LogP contribution is 2.17. The maximum absolute atomic E-state index is 4.30. The van der Waals surface area contributed by atoms with Gasteiger partial charge in [-0.05, 0) is 35.0 Å². The number of rotatable bonds is 3.